The van der Waals surface area contributed by atoms with Crippen LogP contribution in [0.15, 0.2) is 30.3 Å². The summed E-state index contributed by atoms with van der Waals surface area (Å²) in [5.41, 5.74) is 0.876. The van der Waals surface area contributed by atoms with Crippen LogP contribution < -0.4 is 5.32 Å². The smallest absolute Gasteiger partial charge is 0.314 e. The quantitative estimate of drug-likeness (QED) is 0.641. The van der Waals surface area contributed by atoms with Gasteiger partial charge in [0, 0.05) is 0 Å². The number of amides is 2. The van der Waals surface area contributed by atoms with E-state index < -0.39 is 29.8 Å². The molecule has 0 aromatic heterocycles. The van der Waals surface area contributed by atoms with Crippen LogP contribution in [0, 0.1) is 0 Å². The molecular weight excluding hydrogens is 270 g/mol. The standard InChI is InChI=1S/C16H19NO4/c1-2-3-9-12(11-7-5-4-6-8-11)16(20)21-13-10-14(18)17-15(13)19/h4-8,12-13H,2-3,9-10H2,1H3,(H,17,18,19). The van der Waals surface area contributed by atoms with Crippen LogP contribution in [-0.2, 0) is 19.1 Å². The highest BCUT2D eigenvalue weighted by atomic mass is 16.5. The van der Waals surface area contributed by atoms with Crippen molar-refractivity contribution in [3.05, 3.63) is 35.9 Å². The third kappa shape index (κ3) is 3.90. The molecular formula is C16H19NO4. The molecule has 1 saturated heterocycles. The Morgan fingerprint density at radius 2 is 2.05 bits per heavy atom. The number of nitrogens with one attached hydrogen (secondary N) is 1. The maximum Gasteiger partial charge on any atom is 0.314 e. The third-order valence-corrected chi connectivity index (χ3v) is 3.52. The van der Waals surface area contributed by atoms with Crippen molar-refractivity contribution < 1.29 is 19.1 Å². The van der Waals surface area contributed by atoms with E-state index in [4.69, 9.17) is 4.74 Å². The van der Waals surface area contributed by atoms with Gasteiger partial charge in [-0.05, 0) is 12.0 Å². The van der Waals surface area contributed by atoms with Gasteiger partial charge in [0.1, 0.15) is 0 Å². The van der Waals surface area contributed by atoms with Gasteiger partial charge in [-0.15, -0.1) is 0 Å². The van der Waals surface area contributed by atoms with Crippen molar-refractivity contribution >= 4 is 17.8 Å². The molecule has 1 N–H and O–H groups in total. The maximum atomic E-state index is 12.3. The zero-order valence-electron chi connectivity index (χ0n) is 12.0. The normalized spacial score (nSPS) is 19.2. The molecule has 2 atom stereocenters. The van der Waals surface area contributed by atoms with Crippen molar-refractivity contribution in [1.82, 2.24) is 5.32 Å². The van der Waals surface area contributed by atoms with E-state index in [9.17, 15) is 14.4 Å². The molecule has 2 unspecified atom stereocenters. The molecule has 112 valence electrons. The van der Waals surface area contributed by atoms with Gasteiger partial charge >= 0.3 is 5.97 Å². The number of carbonyl (C=O) groups excluding carboxylic acids is 3. The third-order valence-electron chi connectivity index (χ3n) is 3.52. The van der Waals surface area contributed by atoms with Gasteiger partial charge in [0.2, 0.25) is 5.91 Å². The number of esters is 1. The number of benzene rings is 1. The molecule has 0 saturated carbocycles. The van der Waals surface area contributed by atoms with Crippen molar-refractivity contribution in [3.63, 3.8) is 0 Å². The van der Waals surface area contributed by atoms with Gasteiger partial charge in [0.05, 0.1) is 12.3 Å². The lowest BCUT2D eigenvalue weighted by Gasteiger charge is -2.18. The first-order valence-electron chi connectivity index (χ1n) is 7.21. The van der Waals surface area contributed by atoms with Crippen LogP contribution in [-0.4, -0.2) is 23.9 Å². The number of imide groups is 1. The number of hydrogen-bond acceptors (Lipinski definition) is 4. The van der Waals surface area contributed by atoms with E-state index in [0.29, 0.717) is 6.42 Å². The maximum absolute atomic E-state index is 12.3. The van der Waals surface area contributed by atoms with Gasteiger partial charge in [-0.1, -0.05) is 50.1 Å². The molecule has 5 heteroatoms. The second kappa shape index (κ2) is 7.02. The summed E-state index contributed by atoms with van der Waals surface area (Å²) in [4.78, 5) is 35.0. The molecule has 1 aromatic carbocycles. The van der Waals surface area contributed by atoms with Crippen LogP contribution in [0.4, 0.5) is 0 Å². The Kier molecular flexibility index (Phi) is 5.09. The largest absolute Gasteiger partial charge is 0.451 e. The molecule has 1 fully saturated rings. The Hall–Kier alpha value is -2.17. The molecule has 0 aliphatic carbocycles. The van der Waals surface area contributed by atoms with E-state index in [1.54, 1.807) is 0 Å². The minimum Gasteiger partial charge on any atom is -0.451 e. The topological polar surface area (TPSA) is 72.5 Å². The molecule has 21 heavy (non-hydrogen) atoms. The highest BCUT2D eigenvalue weighted by Gasteiger charge is 2.35. The predicted octanol–water partition coefficient (Wildman–Crippen LogP) is 1.92. The average Bonchev–Trinajstić information content (AvgIpc) is 2.78. The first-order valence-corrected chi connectivity index (χ1v) is 7.21. The summed E-state index contributed by atoms with van der Waals surface area (Å²) < 4.78 is 5.24. The Morgan fingerprint density at radius 1 is 1.33 bits per heavy atom. The molecule has 1 heterocycles. The molecule has 5 nitrogen and oxygen atoms in total. The highest BCUT2D eigenvalue weighted by molar-refractivity contribution is 6.05. The van der Waals surface area contributed by atoms with E-state index in [1.807, 2.05) is 30.3 Å². The minimum absolute atomic E-state index is 0.0835. The summed E-state index contributed by atoms with van der Waals surface area (Å²) in [6.45, 7) is 2.05. The molecule has 0 spiro atoms. The van der Waals surface area contributed by atoms with Crippen molar-refractivity contribution in [3.8, 4) is 0 Å². The van der Waals surface area contributed by atoms with Crippen LogP contribution in [0.1, 0.15) is 44.1 Å². The van der Waals surface area contributed by atoms with Crippen LogP contribution in [0.5, 0.6) is 0 Å². The summed E-state index contributed by atoms with van der Waals surface area (Å²) >= 11 is 0. The minimum atomic E-state index is -0.988. The van der Waals surface area contributed by atoms with Gasteiger partial charge in [0.15, 0.2) is 6.10 Å². The lowest BCUT2D eigenvalue weighted by atomic mass is 9.93. The Bertz CT molecular complexity index is 526. The zero-order valence-corrected chi connectivity index (χ0v) is 12.0. The number of ether oxygens (including phenoxy) is 1. The molecule has 1 aliphatic heterocycles. The van der Waals surface area contributed by atoms with E-state index in [0.717, 1.165) is 18.4 Å². The molecule has 0 bridgehead atoms. The summed E-state index contributed by atoms with van der Waals surface area (Å²) in [5.74, 6) is -1.77. The van der Waals surface area contributed by atoms with Gasteiger partial charge in [-0.2, -0.15) is 0 Å². The predicted molar refractivity (Wildman–Crippen MR) is 76.4 cm³/mol. The number of unbranched alkanes of at least 4 members (excludes halogenated alkanes) is 1. The van der Waals surface area contributed by atoms with Gasteiger partial charge in [0.25, 0.3) is 5.91 Å². The molecule has 2 amide bonds. The second-order valence-corrected chi connectivity index (χ2v) is 5.15. The Balaban J connectivity index is 2.07. The van der Waals surface area contributed by atoms with Crippen molar-refractivity contribution in [2.75, 3.05) is 0 Å². The van der Waals surface area contributed by atoms with Gasteiger partial charge in [-0.3, -0.25) is 19.7 Å². The fourth-order valence-corrected chi connectivity index (χ4v) is 2.36. The molecule has 1 aliphatic rings. The van der Waals surface area contributed by atoms with E-state index in [2.05, 4.69) is 12.2 Å². The monoisotopic (exact) mass is 289 g/mol. The summed E-state index contributed by atoms with van der Waals surface area (Å²) in [7, 11) is 0. The van der Waals surface area contributed by atoms with E-state index in [-0.39, 0.29) is 6.42 Å². The van der Waals surface area contributed by atoms with Crippen LogP contribution in [0.2, 0.25) is 0 Å². The summed E-state index contributed by atoms with van der Waals surface area (Å²) in [6, 6.07) is 9.37. The van der Waals surface area contributed by atoms with Crippen LogP contribution in [0.3, 0.4) is 0 Å². The van der Waals surface area contributed by atoms with Crippen LogP contribution in [0.25, 0.3) is 0 Å². The lowest BCUT2D eigenvalue weighted by Crippen LogP contribution is -2.30. The van der Waals surface area contributed by atoms with Crippen LogP contribution >= 0.6 is 0 Å². The summed E-state index contributed by atoms with van der Waals surface area (Å²) in [6.07, 6.45) is 1.46. The molecule has 2 rings (SSSR count). The lowest BCUT2D eigenvalue weighted by molar-refractivity contribution is -0.155. The van der Waals surface area contributed by atoms with Gasteiger partial charge < -0.3 is 4.74 Å². The van der Waals surface area contributed by atoms with Crippen molar-refractivity contribution in [2.24, 2.45) is 0 Å². The number of carbonyl (C=O) groups is 3. The molecule has 1 aromatic rings. The van der Waals surface area contributed by atoms with E-state index in [1.165, 1.54) is 0 Å². The fraction of sp³-hybridized carbons (Fsp3) is 0.438. The average molecular weight is 289 g/mol. The van der Waals surface area contributed by atoms with Crippen molar-refractivity contribution in [2.45, 2.75) is 44.6 Å². The number of rotatable bonds is 6. The fourth-order valence-electron chi connectivity index (χ4n) is 2.36. The van der Waals surface area contributed by atoms with Gasteiger partial charge in [-0.25, -0.2) is 0 Å². The number of hydrogen-bond donors (Lipinski definition) is 1. The zero-order chi connectivity index (χ0) is 15.2. The Morgan fingerprint density at radius 3 is 2.62 bits per heavy atom. The van der Waals surface area contributed by atoms with E-state index >= 15 is 0 Å². The first kappa shape index (κ1) is 15.2. The second-order valence-electron chi connectivity index (χ2n) is 5.15. The highest BCUT2D eigenvalue weighted by Crippen LogP contribution is 2.25. The SMILES string of the molecule is CCCCC(C(=O)OC1CC(=O)NC1=O)c1ccccc1. The summed E-state index contributed by atoms with van der Waals surface area (Å²) in [5, 5.41) is 2.14. The first-order chi connectivity index (χ1) is 10.1. The molecule has 0 radical (unpaired) electrons. The Labute approximate surface area is 123 Å². The van der Waals surface area contributed by atoms with Crippen molar-refractivity contribution in [1.29, 1.82) is 0 Å².